The van der Waals surface area contributed by atoms with Crippen LogP contribution in [0.1, 0.15) is 27.2 Å². The number of hydrogen-bond acceptors (Lipinski definition) is 4. The fraction of sp³-hybridized carbons (Fsp3) is 0.417. The lowest BCUT2D eigenvalue weighted by molar-refractivity contribution is -0.123. The van der Waals surface area contributed by atoms with Crippen LogP contribution >= 0.6 is 11.3 Å². The second kappa shape index (κ2) is 3.41. The Balaban J connectivity index is 2.13. The Kier molecular flexibility index (Phi) is 2.16. The molecule has 6 heteroatoms. The first-order valence-electron chi connectivity index (χ1n) is 5.64. The van der Waals surface area contributed by atoms with Crippen LogP contribution in [-0.2, 0) is 9.59 Å². The van der Waals surface area contributed by atoms with E-state index in [4.69, 9.17) is 0 Å². The molecular formula is C12H11NO4S. The maximum Gasteiger partial charge on any atom is 0.339 e. The van der Waals surface area contributed by atoms with Gasteiger partial charge in [-0.05, 0) is 25.8 Å². The standard InChI is InChI=1S/C12H11NO4S/c1-4-5(2)18-11(8(4)12(16)17)13-9(14)6-3-7(6)10(13)15/h6-7H,3H2,1-2H3,(H,16,17). The number of nitrogens with zero attached hydrogens (tertiary/aromatic N) is 1. The smallest absolute Gasteiger partial charge is 0.339 e. The summed E-state index contributed by atoms with van der Waals surface area (Å²) in [4.78, 5) is 37.1. The summed E-state index contributed by atoms with van der Waals surface area (Å²) in [6.45, 7) is 3.49. The molecule has 2 fully saturated rings. The van der Waals surface area contributed by atoms with Crippen LogP contribution in [-0.4, -0.2) is 22.9 Å². The highest BCUT2D eigenvalue weighted by molar-refractivity contribution is 7.17. The van der Waals surface area contributed by atoms with E-state index in [1.807, 2.05) is 0 Å². The van der Waals surface area contributed by atoms with Crippen LogP contribution in [0, 0.1) is 25.7 Å². The van der Waals surface area contributed by atoms with Crippen molar-refractivity contribution in [2.75, 3.05) is 4.90 Å². The summed E-state index contributed by atoms with van der Waals surface area (Å²) in [5, 5.41) is 9.50. The van der Waals surface area contributed by atoms with E-state index in [1.54, 1.807) is 13.8 Å². The van der Waals surface area contributed by atoms with E-state index in [-0.39, 0.29) is 34.2 Å². The molecule has 1 aromatic rings. The fourth-order valence-corrected chi connectivity index (χ4v) is 3.56. The highest BCUT2D eigenvalue weighted by Crippen LogP contribution is 2.50. The third-order valence-electron chi connectivity index (χ3n) is 3.65. The highest BCUT2D eigenvalue weighted by Gasteiger charge is 2.60. The second-order valence-corrected chi connectivity index (χ2v) is 5.93. The van der Waals surface area contributed by atoms with Gasteiger partial charge in [0.2, 0.25) is 11.8 Å². The van der Waals surface area contributed by atoms with Gasteiger partial charge in [0.25, 0.3) is 0 Å². The molecule has 1 aliphatic heterocycles. The summed E-state index contributed by atoms with van der Waals surface area (Å²) in [6, 6.07) is 0. The molecule has 0 aromatic carbocycles. The Hall–Kier alpha value is -1.69. The van der Waals surface area contributed by atoms with E-state index in [1.165, 1.54) is 11.3 Å². The van der Waals surface area contributed by atoms with Crippen LogP contribution < -0.4 is 4.90 Å². The van der Waals surface area contributed by atoms with Gasteiger partial charge in [-0.2, -0.15) is 0 Å². The van der Waals surface area contributed by atoms with E-state index < -0.39 is 5.97 Å². The number of imide groups is 1. The van der Waals surface area contributed by atoms with E-state index in [2.05, 4.69) is 0 Å². The number of rotatable bonds is 2. The van der Waals surface area contributed by atoms with Crippen LogP contribution in [0.2, 0.25) is 0 Å². The molecule has 2 amide bonds. The maximum atomic E-state index is 12.0. The average Bonchev–Trinajstić information content (AvgIpc) is 2.97. The van der Waals surface area contributed by atoms with Crippen molar-refractivity contribution in [2.45, 2.75) is 20.3 Å². The summed E-state index contributed by atoms with van der Waals surface area (Å²) < 4.78 is 0. The number of fused-ring (bicyclic) bond motifs is 1. The molecular weight excluding hydrogens is 254 g/mol. The summed E-state index contributed by atoms with van der Waals surface area (Å²) >= 11 is 1.20. The minimum Gasteiger partial charge on any atom is -0.478 e. The normalized spacial score (nSPS) is 25.6. The van der Waals surface area contributed by atoms with E-state index >= 15 is 0 Å². The second-order valence-electron chi connectivity index (χ2n) is 4.73. The van der Waals surface area contributed by atoms with Gasteiger partial charge >= 0.3 is 5.97 Å². The molecule has 5 nitrogen and oxygen atoms in total. The number of thiophene rings is 1. The number of carbonyl (C=O) groups is 3. The Morgan fingerprint density at radius 2 is 1.83 bits per heavy atom. The summed E-state index contributed by atoms with van der Waals surface area (Å²) in [7, 11) is 0. The number of amides is 2. The largest absolute Gasteiger partial charge is 0.478 e. The van der Waals surface area contributed by atoms with Gasteiger partial charge in [0.1, 0.15) is 5.00 Å². The van der Waals surface area contributed by atoms with Gasteiger partial charge in [0, 0.05) is 4.88 Å². The van der Waals surface area contributed by atoms with Gasteiger partial charge in [0.15, 0.2) is 0 Å². The lowest BCUT2D eigenvalue weighted by Gasteiger charge is -2.15. The third-order valence-corrected chi connectivity index (χ3v) is 4.84. The highest BCUT2D eigenvalue weighted by atomic mass is 32.1. The predicted molar refractivity (Wildman–Crippen MR) is 64.8 cm³/mol. The molecule has 2 aliphatic rings. The first-order valence-corrected chi connectivity index (χ1v) is 6.46. The van der Waals surface area contributed by atoms with Crippen molar-refractivity contribution >= 4 is 34.1 Å². The monoisotopic (exact) mass is 265 g/mol. The molecule has 1 saturated heterocycles. The van der Waals surface area contributed by atoms with Crippen molar-refractivity contribution in [1.82, 2.24) is 0 Å². The zero-order chi connectivity index (χ0) is 13.2. The van der Waals surface area contributed by atoms with Crippen LogP contribution in [0.4, 0.5) is 5.00 Å². The van der Waals surface area contributed by atoms with Crippen LogP contribution in [0.5, 0.6) is 0 Å². The topological polar surface area (TPSA) is 74.7 Å². The van der Waals surface area contributed by atoms with Crippen LogP contribution in [0.3, 0.4) is 0 Å². The number of aromatic carboxylic acids is 1. The summed E-state index contributed by atoms with van der Waals surface area (Å²) in [5.41, 5.74) is 0.712. The predicted octanol–water partition coefficient (Wildman–Crippen LogP) is 1.57. The van der Waals surface area contributed by atoms with E-state index in [0.717, 1.165) is 9.78 Å². The molecule has 1 N–H and O–H groups in total. The van der Waals surface area contributed by atoms with Crippen molar-refractivity contribution < 1.29 is 19.5 Å². The number of piperidine rings is 1. The van der Waals surface area contributed by atoms with Crippen molar-refractivity contribution in [3.8, 4) is 0 Å². The Bertz CT molecular complexity index is 583. The first-order chi connectivity index (χ1) is 8.43. The van der Waals surface area contributed by atoms with Crippen molar-refractivity contribution in [1.29, 1.82) is 0 Å². The third kappa shape index (κ3) is 1.29. The fourth-order valence-electron chi connectivity index (χ4n) is 2.40. The Labute approximate surface area is 107 Å². The number of hydrogen-bond donors (Lipinski definition) is 1. The molecule has 3 rings (SSSR count). The molecule has 18 heavy (non-hydrogen) atoms. The first kappa shape index (κ1) is 11.4. The van der Waals surface area contributed by atoms with Crippen molar-refractivity contribution in [2.24, 2.45) is 11.8 Å². The van der Waals surface area contributed by atoms with E-state index in [9.17, 15) is 19.5 Å². The molecule has 0 bridgehead atoms. The number of aryl methyl sites for hydroxylation is 1. The van der Waals surface area contributed by atoms with Gasteiger partial charge in [-0.1, -0.05) is 0 Å². The number of carboxylic acids is 1. The Morgan fingerprint density at radius 3 is 2.33 bits per heavy atom. The number of carbonyl (C=O) groups excluding carboxylic acids is 2. The summed E-state index contributed by atoms with van der Waals surface area (Å²) in [5.74, 6) is -1.99. The van der Waals surface area contributed by atoms with Gasteiger partial charge in [-0.3, -0.25) is 9.59 Å². The maximum absolute atomic E-state index is 12.0. The average molecular weight is 265 g/mol. The molecule has 0 radical (unpaired) electrons. The minimum absolute atomic E-state index is 0.0838. The minimum atomic E-state index is -1.09. The van der Waals surface area contributed by atoms with E-state index in [0.29, 0.717) is 12.0 Å². The molecule has 2 heterocycles. The van der Waals surface area contributed by atoms with Crippen LogP contribution in [0.15, 0.2) is 0 Å². The molecule has 94 valence electrons. The number of carboxylic acid groups (broad SMARTS) is 1. The van der Waals surface area contributed by atoms with Gasteiger partial charge in [0.05, 0.1) is 17.4 Å². The zero-order valence-corrected chi connectivity index (χ0v) is 10.7. The lowest BCUT2D eigenvalue weighted by atomic mass is 10.1. The van der Waals surface area contributed by atoms with Gasteiger partial charge in [-0.15, -0.1) is 11.3 Å². The molecule has 1 aromatic heterocycles. The molecule has 2 unspecified atom stereocenters. The SMILES string of the molecule is Cc1sc(N2C(=O)C3CC3C2=O)c(C(=O)O)c1C. The lowest BCUT2D eigenvalue weighted by Crippen LogP contribution is -2.33. The zero-order valence-electron chi connectivity index (χ0n) is 9.89. The van der Waals surface area contributed by atoms with Crippen molar-refractivity contribution in [3.05, 3.63) is 16.0 Å². The Morgan fingerprint density at radius 1 is 1.28 bits per heavy atom. The molecule has 1 saturated carbocycles. The number of anilines is 1. The van der Waals surface area contributed by atoms with Crippen LogP contribution in [0.25, 0.3) is 0 Å². The summed E-state index contributed by atoms with van der Waals surface area (Å²) in [6.07, 6.45) is 0.625. The molecule has 0 spiro atoms. The van der Waals surface area contributed by atoms with Gasteiger partial charge in [-0.25, -0.2) is 9.69 Å². The van der Waals surface area contributed by atoms with Crippen molar-refractivity contribution in [3.63, 3.8) is 0 Å². The quantitative estimate of drug-likeness (QED) is 0.824. The molecule has 2 atom stereocenters. The van der Waals surface area contributed by atoms with Gasteiger partial charge < -0.3 is 5.11 Å². The molecule has 1 aliphatic carbocycles.